The van der Waals surface area contributed by atoms with E-state index in [0.29, 0.717) is 6.29 Å². The van der Waals surface area contributed by atoms with Gasteiger partial charge in [-0.1, -0.05) is 18.2 Å². The van der Waals surface area contributed by atoms with Crippen LogP contribution in [0.2, 0.25) is 0 Å². The predicted molar refractivity (Wildman–Crippen MR) is 83.5 cm³/mol. The fourth-order valence-corrected chi connectivity index (χ4v) is 2.82. The molecule has 0 aliphatic rings. The Morgan fingerprint density at radius 1 is 1.17 bits per heavy atom. The van der Waals surface area contributed by atoms with E-state index in [1.54, 1.807) is 0 Å². The molecule has 0 aliphatic carbocycles. The van der Waals surface area contributed by atoms with E-state index in [4.69, 9.17) is 0 Å². The van der Waals surface area contributed by atoms with Crippen LogP contribution in [0.5, 0.6) is 0 Å². The SMILES string of the molecule is CS(=O)N(Cc1ccc(C=O)cc1F)c1cccc(C(F)(F)F)c1. The Balaban J connectivity index is 2.37. The van der Waals surface area contributed by atoms with E-state index in [1.807, 2.05) is 0 Å². The Labute approximate surface area is 138 Å². The van der Waals surface area contributed by atoms with Crippen molar-refractivity contribution in [1.82, 2.24) is 0 Å². The minimum Gasteiger partial charge on any atom is -0.298 e. The summed E-state index contributed by atoms with van der Waals surface area (Å²) < 4.78 is 65.5. The van der Waals surface area contributed by atoms with Crippen molar-refractivity contribution in [3.05, 3.63) is 65.0 Å². The number of hydrogen-bond acceptors (Lipinski definition) is 2. The topological polar surface area (TPSA) is 37.4 Å². The molecule has 0 saturated heterocycles. The lowest BCUT2D eigenvalue weighted by Gasteiger charge is -2.23. The van der Waals surface area contributed by atoms with Crippen LogP contribution >= 0.6 is 0 Å². The number of benzene rings is 2. The minimum atomic E-state index is -4.53. The van der Waals surface area contributed by atoms with Crippen LogP contribution in [0.1, 0.15) is 21.5 Å². The van der Waals surface area contributed by atoms with Crippen LogP contribution < -0.4 is 4.31 Å². The largest absolute Gasteiger partial charge is 0.416 e. The number of rotatable bonds is 5. The highest BCUT2D eigenvalue weighted by Gasteiger charge is 2.31. The molecule has 1 atom stereocenters. The molecule has 1 unspecified atom stereocenters. The van der Waals surface area contributed by atoms with Crippen molar-refractivity contribution in [2.75, 3.05) is 10.6 Å². The van der Waals surface area contributed by atoms with E-state index in [9.17, 15) is 26.6 Å². The molecule has 0 N–H and O–H groups in total. The Hall–Kier alpha value is -2.22. The van der Waals surface area contributed by atoms with Gasteiger partial charge in [0.1, 0.15) is 23.1 Å². The van der Waals surface area contributed by atoms with Gasteiger partial charge in [0.15, 0.2) is 0 Å². The van der Waals surface area contributed by atoms with E-state index in [-0.39, 0.29) is 23.4 Å². The lowest BCUT2D eigenvalue weighted by Crippen LogP contribution is -2.25. The molecule has 0 aromatic heterocycles. The molecule has 0 bridgehead atoms. The van der Waals surface area contributed by atoms with Gasteiger partial charge in [0.05, 0.1) is 17.8 Å². The second-order valence-corrected chi connectivity index (χ2v) is 6.27. The maximum Gasteiger partial charge on any atom is 0.416 e. The molecule has 2 rings (SSSR count). The second-order valence-electron chi connectivity index (χ2n) is 4.98. The molecule has 8 heteroatoms. The first-order valence-corrected chi connectivity index (χ1v) is 8.26. The fourth-order valence-electron chi connectivity index (χ4n) is 2.09. The van der Waals surface area contributed by atoms with Gasteiger partial charge in [0.25, 0.3) is 0 Å². The monoisotopic (exact) mass is 359 g/mol. The summed E-state index contributed by atoms with van der Waals surface area (Å²) in [6, 6.07) is 8.07. The molecule has 0 spiro atoms. The normalized spacial score (nSPS) is 12.7. The van der Waals surface area contributed by atoms with Gasteiger partial charge in [-0.15, -0.1) is 0 Å². The van der Waals surface area contributed by atoms with Crippen LogP contribution in [0.25, 0.3) is 0 Å². The number of hydrogen-bond donors (Lipinski definition) is 0. The molecule has 3 nitrogen and oxygen atoms in total. The summed E-state index contributed by atoms with van der Waals surface area (Å²) in [6.07, 6.45) is -2.76. The van der Waals surface area contributed by atoms with Crippen molar-refractivity contribution in [3.8, 4) is 0 Å². The molecule has 2 aromatic rings. The highest BCUT2D eigenvalue weighted by Crippen LogP contribution is 2.32. The molecule has 0 amide bonds. The number of nitrogens with zero attached hydrogens (tertiary/aromatic N) is 1. The first-order valence-electron chi connectivity index (χ1n) is 6.74. The predicted octanol–water partition coefficient (Wildman–Crippen LogP) is 3.96. The van der Waals surface area contributed by atoms with Crippen LogP contribution in [-0.4, -0.2) is 16.8 Å². The third-order valence-electron chi connectivity index (χ3n) is 3.30. The third kappa shape index (κ3) is 4.19. The number of alkyl halides is 3. The lowest BCUT2D eigenvalue weighted by atomic mass is 10.1. The summed E-state index contributed by atoms with van der Waals surface area (Å²) in [6.45, 7) is -0.199. The number of carbonyl (C=O) groups is 1. The van der Waals surface area contributed by atoms with Gasteiger partial charge in [-0.05, 0) is 24.3 Å². The Morgan fingerprint density at radius 3 is 2.42 bits per heavy atom. The van der Waals surface area contributed by atoms with Gasteiger partial charge in [-0.2, -0.15) is 13.2 Å². The summed E-state index contributed by atoms with van der Waals surface area (Å²) in [5.41, 5.74) is -0.565. The summed E-state index contributed by atoms with van der Waals surface area (Å²) in [5.74, 6) is -0.693. The van der Waals surface area contributed by atoms with Crippen LogP contribution in [-0.2, 0) is 23.7 Å². The number of carbonyl (C=O) groups excluding carboxylic acids is 1. The zero-order valence-corrected chi connectivity index (χ0v) is 13.3. The van der Waals surface area contributed by atoms with Gasteiger partial charge in [0.2, 0.25) is 0 Å². The fraction of sp³-hybridized carbons (Fsp3) is 0.188. The standard InChI is InChI=1S/C16H13F4NO2S/c1-24(23)21(9-12-6-5-11(10-22)7-15(12)17)14-4-2-3-13(8-14)16(18,19)20/h2-8,10H,9H2,1H3. The summed E-state index contributed by atoms with van der Waals surface area (Å²) in [7, 11) is -1.68. The minimum absolute atomic E-state index is 0.0597. The van der Waals surface area contributed by atoms with Crippen molar-refractivity contribution in [2.45, 2.75) is 12.7 Å². The number of anilines is 1. The summed E-state index contributed by atoms with van der Waals surface area (Å²) in [4.78, 5) is 10.6. The van der Waals surface area contributed by atoms with Crippen LogP contribution in [0.15, 0.2) is 42.5 Å². The van der Waals surface area contributed by atoms with E-state index in [1.165, 1.54) is 30.5 Å². The quantitative estimate of drug-likeness (QED) is 0.599. The van der Waals surface area contributed by atoms with E-state index >= 15 is 0 Å². The molecule has 24 heavy (non-hydrogen) atoms. The van der Waals surface area contributed by atoms with E-state index in [2.05, 4.69) is 0 Å². The third-order valence-corrected chi connectivity index (χ3v) is 4.26. The van der Waals surface area contributed by atoms with Crippen molar-refractivity contribution < 1.29 is 26.6 Å². The van der Waals surface area contributed by atoms with E-state index < -0.39 is 28.5 Å². The van der Waals surface area contributed by atoms with Crippen molar-refractivity contribution in [1.29, 1.82) is 0 Å². The average molecular weight is 359 g/mol. The summed E-state index contributed by atoms with van der Waals surface area (Å²) in [5, 5.41) is 0. The van der Waals surface area contributed by atoms with Crippen molar-refractivity contribution >= 4 is 23.0 Å². The summed E-state index contributed by atoms with van der Waals surface area (Å²) >= 11 is 0. The van der Waals surface area contributed by atoms with E-state index in [0.717, 1.165) is 22.5 Å². The number of halogens is 4. The lowest BCUT2D eigenvalue weighted by molar-refractivity contribution is -0.137. The van der Waals surface area contributed by atoms with Gasteiger partial charge in [-0.25, -0.2) is 8.60 Å². The second kappa shape index (κ2) is 7.12. The number of aldehydes is 1. The van der Waals surface area contributed by atoms with Crippen molar-refractivity contribution in [3.63, 3.8) is 0 Å². The molecule has 2 aromatic carbocycles. The Morgan fingerprint density at radius 2 is 1.88 bits per heavy atom. The first-order chi connectivity index (χ1) is 11.2. The maximum atomic E-state index is 14.0. The van der Waals surface area contributed by atoms with Gasteiger partial charge < -0.3 is 0 Å². The maximum absolute atomic E-state index is 14.0. The molecule has 0 radical (unpaired) electrons. The molecule has 128 valence electrons. The van der Waals surface area contributed by atoms with Crippen LogP contribution in [0.3, 0.4) is 0 Å². The van der Waals surface area contributed by atoms with Crippen LogP contribution in [0.4, 0.5) is 23.2 Å². The molecule has 0 aliphatic heterocycles. The van der Waals surface area contributed by atoms with Crippen LogP contribution in [0, 0.1) is 5.82 Å². The highest BCUT2D eigenvalue weighted by atomic mass is 32.2. The zero-order chi connectivity index (χ0) is 17.9. The Kier molecular flexibility index (Phi) is 5.38. The smallest absolute Gasteiger partial charge is 0.298 e. The molecular weight excluding hydrogens is 346 g/mol. The Bertz CT molecular complexity index is 777. The van der Waals surface area contributed by atoms with Gasteiger partial charge in [-0.3, -0.25) is 9.10 Å². The molecular formula is C16H13F4NO2S. The van der Waals surface area contributed by atoms with Crippen molar-refractivity contribution in [2.24, 2.45) is 0 Å². The molecule has 0 heterocycles. The highest BCUT2D eigenvalue weighted by molar-refractivity contribution is 7.85. The molecule has 0 saturated carbocycles. The average Bonchev–Trinajstić information content (AvgIpc) is 2.52. The van der Waals surface area contributed by atoms with Gasteiger partial charge in [0, 0.05) is 17.4 Å². The van der Waals surface area contributed by atoms with Gasteiger partial charge >= 0.3 is 6.18 Å². The zero-order valence-electron chi connectivity index (χ0n) is 12.5. The molecule has 0 fully saturated rings. The first kappa shape index (κ1) is 18.1.